The fourth-order valence-corrected chi connectivity index (χ4v) is 3.37. The molecule has 1 saturated carbocycles. The Hall–Kier alpha value is -0.370. The lowest BCUT2D eigenvalue weighted by Gasteiger charge is -2.28. The van der Waals surface area contributed by atoms with E-state index in [1.807, 2.05) is 6.92 Å². The Balaban J connectivity index is 0.00000242. The summed E-state index contributed by atoms with van der Waals surface area (Å²) in [5.41, 5.74) is 1.16. The average Bonchev–Trinajstić information content (AvgIpc) is 2.87. The highest BCUT2D eigenvalue weighted by atomic mass is 127. The van der Waals surface area contributed by atoms with E-state index < -0.39 is 0 Å². The minimum Gasteiger partial charge on any atom is -0.357 e. The zero-order valence-electron chi connectivity index (χ0n) is 13.9. The Morgan fingerprint density at radius 2 is 2.09 bits per heavy atom. The molecule has 0 spiro atoms. The molecular formula is C16H29IN4S. The number of hydrogen-bond acceptors (Lipinski definition) is 3. The van der Waals surface area contributed by atoms with Crippen LogP contribution in [0.3, 0.4) is 0 Å². The van der Waals surface area contributed by atoms with Crippen molar-refractivity contribution in [1.82, 2.24) is 15.6 Å². The Bertz CT molecular complexity index is 453. The Morgan fingerprint density at radius 1 is 1.36 bits per heavy atom. The smallest absolute Gasteiger partial charge is 0.191 e. The van der Waals surface area contributed by atoms with E-state index in [1.165, 1.54) is 25.7 Å². The molecule has 126 valence electrons. The summed E-state index contributed by atoms with van der Waals surface area (Å²) in [7, 11) is 0. The van der Waals surface area contributed by atoms with Crippen molar-refractivity contribution in [1.29, 1.82) is 0 Å². The Kier molecular flexibility index (Phi) is 9.31. The van der Waals surface area contributed by atoms with Crippen LogP contribution in [0.5, 0.6) is 0 Å². The quantitative estimate of drug-likeness (QED) is 0.420. The fourth-order valence-electron chi connectivity index (χ4n) is 2.72. The maximum atomic E-state index is 4.69. The number of aryl methyl sites for hydroxylation is 1. The largest absolute Gasteiger partial charge is 0.357 e. The molecule has 0 bridgehead atoms. The molecule has 0 saturated heterocycles. The number of nitrogens with zero attached hydrogens (tertiary/aromatic N) is 2. The molecule has 0 amide bonds. The maximum Gasteiger partial charge on any atom is 0.191 e. The summed E-state index contributed by atoms with van der Waals surface area (Å²) in [6.45, 7) is 8.22. The molecule has 0 unspecified atom stereocenters. The first-order chi connectivity index (χ1) is 10.2. The van der Waals surface area contributed by atoms with Gasteiger partial charge < -0.3 is 10.6 Å². The van der Waals surface area contributed by atoms with E-state index >= 15 is 0 Å². The molecule has 1 aliphatic carbocycles. The first-order valence-electron chi connectivity index (χ1n) is 8.13. The number of thiazole rings is 1. The molecule has 2 N–H and O–H groups in total. The van der Waals surface area contributed by atoms with Crippen molar-refractivity contribution in [3.8, 4) is 0 Å². The van der Waals surface area contributed by atoms with Gasteiger partial charge in [-0.3, -0.25) is 4.99 Å². The molecule has 22 heavy (non-hydrogen) atoms. The van der Waals surface area contributed by atoms with Gasteiger partial charge in [-0.1, -0.05) is 6.92 Å². The highest BCUT2D eigenvalue weighted by molar-refractivity contribution is 14.0. The van der Waals surface area contributed by atoms with Gasteiger partial charge in [-0.05, 0) is 45.4 Å². The van der Waals surface area contributed by atoms with E-state index in [0.717, 1.165) is 42.1 Å². The zero-order chi connectivity index (χ0) is 15.1. The number of guanidine groups is 1. The Labute approximate surface area is 155 Å². The molecule has 1 aromatic rings. The van der Waals surface area contributed by atoms with Crippen LogP contribution < -0.4 is 10.6 Å². The minimum absolute atomic E-state index is 0. The van der Waals surface area contributed by atoms with Crippen molar-refractivity contribution < 1.29 is 0 Å². The third-order valence-corrected chi connectivity index (χ3v) is 4.83. The second-order valence-electron chi connectivity index (χ2n) is 5.97. The summed E-state index contributed by atoms with van der Waals surface area (Å²) in [5.74, 6) is 1.85. The highest BCUT2D eigenvalue weighted by Crippen LogP contribution is 2.23. The lowest BCUT2D eigenvalue weighted by Crippen LogP contribution is -2.44. The van der Waals surface area contributed by atoms with Gasteiger partial charge in [0, 0.05) is 30.9 Å². The summed E-state index contributed by atoms with van der Waals surface area (Å²) in [5, 5.41) is 10.2. The second-order valence-corrected chi connectivity index (χ2v) is 7.03. The number of nitrogens with one attached hydrogen (secondary N) is 2. The molecule has 6 heteroatoms. The van der Waals surface area contributed by atoms with Crippen molar-refractivity contribution in [2.24, 2.45) is 10.9 Å². The summed E-state index contributed by atoms with van der Waals surface area (Å²) in [4.78, 5) is 9.18. The highest BCUT2D eigenvalue weighted by Gasteiger charge is 2.18. The normalized spacial score (nSPS) is 22.0. The maximum absolute atomic E-state index is 4.69. The molecule has 0 aromatic carbocycles. The standard InChI is InChI=1S/C16H28N4S.HI/c1-4-17-16(20-14-7-5-12(2)6-8-14)18-10-9-15-11-21-13(3)19-15;/h11-12,14H,4-10H2,1-3H3,(H2,17,18,20);1H. The van der Waals surface area contributed by atoms with E-state index in [4.69, 9.17) is 4.99 Å². The van der Waals surface area contributed by atoms with Gasteiger partial charge in [-0.15, -0.1) is 35.3 Å². The summed E-state index contributed by atoms with van der Waals surface area (Å²) < 4.78 is 0. The number of hydrogen-bond donors (Lipinski definition) is 2. The molecule has 4 nitrogen and oxygen atoms in total. The topological polar surface area (TPSA) is 49.3 Å². The van der Waals surface area contributed by atoms with Crippen molar-refractivity contribution in [3.05, 3.63) is 16.1 Å². The number of rotatable bonds is 5. The van der Waals surface area contributed by atoms with Crippen LogP contribution in [-0.4, -0.2) is 30.1 Å². The lowest BCUT2D eigenvalue weighted by atomic mass is 9.87. The van der Waals surface area contributed by atoms with Gasteiger partial charge in [0.25, 0.3) is 0 Å². The van der Waals surface area contributed by atoms with E-state index in [2.05, 4.69) is 34.8 Å². The lowest BCUT2D eigenvalue weighted by molar-refractivity contribution is 0.329. The Morgan fingerprint density at radius 3 is 2.68 bits per heavy atom. The molecule has 1 heterocycles. The molecule has 1 fully saturated rings. The van der Waals surface area contributed by atoms with Crippen LogP contribution in [0.15, 0.2) is 10.4 Å². The van der Waals surface area contributed by atoms with Gasteiger partial charge in [0.2, 0.25) is 0 Å². The van der Waals surface area contributed by atoms with Crippen molar-refractivity contribution >= 4 is 41.3 Å². The van der Waals surface area contributed by atoms with Crippen molar-refractivity contribution in [3.63, 3.8) is 0 Å². The number of halogens is 1. The third kappa shape index (κ3) is 6.81. The third-order valence-electron chi connectivity index (χ3n) is 4.01. The SMILES string of the molecule is CCNC(=NCCc1csc(C)n1)NC1CCC(C)CC1.I. The van der Waals surface area contributed by atoms with Gasteiger partial charge in [0.1, 0.15) is 0 Å². The van der Waals surface area contributed by atoms with Gasteiger partial charge in [-0.25, -0.2) is 4.98 Å². The van der Waals surface area contributed by atoms with Crippen molar-refractivity contribution in [2.75, 3.05) is 13.1 Å². The van der Waals surface area contributed by atoms with Crippen LogP contribution >= 0.6 is 35.3 Å². The number of aromatic nitrogens is 1. The van der Waals surface area contributed by atoms with Gasteiger partial charge in [0.15, 0.2) is 5.96 Å². The van der Waals surface area contributed by atoms with E-state index in [-0.39, 0.29) is 24.0 Å². The zero-order valence-corrected chi connectivity index (χ0v) is 17.0. The van der Waals surface area contributed by atoms with Crippen LogP contribution in [0.1, 0.15) is 50.2 Å². The summed E-state index contributed by atoms with van der Waals surface area (Å²) >= 11 is 1.71. The van der Waals surface area contributed by atoms with E-state index in [1.54, 1.807) is 11.3 Å². The van der Waals surface area contributed by atoms with E-state index in [0.29, 0.717) is 6.04 Å². The van der Waals surface area contributed by atoms with Crippen LogP contribution in [0.4, 0.5) is 0 Å². The molecule has 0 aliphatic heterocycles. The van der Waals surface area contributed by atoms with Crippen LogP contribution in [-0.2, 0) is 6.42 Å². The van der Waals surface area contributed by atoms with Crippen LogP contribution in [0.25, 0.3) is 0 Å². The molecule has 1 aliphatic rings. The van der Waals surface area contributed by atoms with Crippen LogP contribution in [0, 0.1) is 12.8 Å². The molecule has 0 atom stereocenters. The predicted molar refractivity (Wildman–Crippen MR) is 107 cm³/mol. The average molecular weight is 436 g/mol. The minimum atomic E-state index is 0. The van der Waals surface area contributed by atoms with Gasteiger partial charge in [-0.2, -0.15) is 0 Å². The first-order valence-corrected chi connectivity index (χ1v) is 9.01. The summed E-state index contributed by atoms with van der Waals surface area (Å²) in [6.07, 6.45) is 6.10. The predicted octanol–water partition coefficient (Wildman–Crippen LogP) is 3.75. The molecular weight excluding hydrogens is 407 g/mol. The monoisotopic (exact) mass is 436 g/mol. The van der Waals surface area contributed by atoms with E-state index in [9.17, 15) is 0 Å². The summed E-state index contributed by atoms with van der Waals surface area (Å²) in [6, 6.07) is 0.584. The van der Waals surface area contributed by atoms with Crippen molar-refractivity contribution in [2.45, 2.75) is 58.9 Å². The molecule has 0 radical (unpaired) electrons. The second kappa shape index (κ2) is 10.4. The van der Waals surface area contributed by atoms with Gasteiger partial charge >= 0.3 is 0 Å². The molecule has 1 aromatic heterocycles. The molecule has 2 rings (SSSR count). The first kappa shape index (κ1) is 19.7. The van der Waals surface area contributed by atoms with Gasteiger partial charge in [0.05, 0.1) is 10.7 Å². The van der Waals surface area contributed by atoms with Crippen LogP contribution in [0.2, 0.25) is 0 Å². The number of aliphatic imine (C=N–C) groups is 1. The fraction of sp³-hybridized carbons (Fsp3) is 0.750.